The smallest absolute Gasteiger partial charge is 0.239 e. The molecule has 2 heterocycles. The van der Waals surface area contributed by atoms with Crippen molar-refractivity contribution in [3.63, 3.8) is 0 Å². The number of nitrogens with one attached hydrogen (secondary N) is 2. The van der Waals surface area contributed by atoms with Gasteiger partial charge < -0.3 is 20.3 Å². The molecule has 10 heteroatoms. The van der Waals surface area contributed by atoms with Gasteiger partial charge in [0.2, 0.25) is 5.91 Å². The number of anilines is 3. The largest absolute Gasteiger partial charge is 0.494 e. The fraction of sp³-hybridized carbons (Fsp3) is 0.286. The molecule has 0 unspecified atom stereocenters. The number of rotatable bonds is 8. The second kappa shape index (κ2) is 9.35. The summed E-state index contributed by atoms with van der Waals surface area (Å²) in [6.45, 7) is 1.67. The van der Waals surface area contributed by atoms with E-state index in [0.717, 1.165) is 0 Å². The Morgan fingerprint density at radius 3 is 2.58 bits per heavy atom. The lowest BCUT2D eigenvalue weighted by molar-refractivity contribution is -0.116. The number of carbonyl (C=O) groups is 2. The van der Waals surface area contributed by atoms with Gasteiger partial charge in [0.25, 0.3) is 0 Å². The van der Waals surface area contributed by atoms with Crippen LogP contribution in [0.25, 0.3) is 11.4 Å². The second-order valence-electron chi connectivity index (χ2n) is 7.21. The van der Waals surface area contributed by atoms with Gasteiger partial charge in [0.05, 0.1) is 36.2 Å². The van der Waals surface area contributed by atoms with Crippen LogP contribution in [0.1, 0.15) is 17.3 Å². The first-order valence-electron chi connectivity index (χ1n) is 9.54. The first kappa shape index (κ1) is 21.9. The maximum atomic E-state index is 12.2. The SMILES string of the molecule is COc1c(Nc2cc(NC(=O)CN(C)C)ncc2C(C)=O)cccc1-c1ncn(C)n1. The average molecular weight is 423 g/mol. The molecule has 1 aromatic carbocycles. The van der Waals surface area contributed by atoms with Crippen LogP contribution in [0.2, 0.25) is 0 Å². The van der Waals surface area contributed by atoms with Crippen LogP contribution in [0.4, 0.5) is 17.2 Å². The first-order valence-corrected chi connectivity index (χ1v) is 9.54. The minimum atomic E-state index is -0.208. The van der Waals surface area contributed by atoms with Crippen molar-refractivity contribution in [1.82, 2.24) is 24.6 Å². The maximum Gasteiger partial charge on any atom is 0.239 e. The third-order valence-corrected chi connectivity index (χ3v) is 4.34. The van der Waals surface area contributed by atoms with Crippen molar-refractivity contribution in [2.75, 3.05) is 38.4 Å². The lowest BCUT2D eigenvalue weighted by atomic mass is 10.1. The first-order chi connectivity index (χ1) is 14.8. The minimum Gasteiger partial charge on any atom is -0.494 e. The summed E-state index contributed by atoms with van der Waals surface area (Å²) in [5.41, 5.74) is 2.19. The number of carbonyl (C=O) groups excluding carboxylic acids is 2. The van der Waals surface area contributed by atoms with Crippen LogP contribution < -0.4 is 15.4 Å². The van der Waals surface area contributed by atoms with E-state index in [1.165, 1.54) is 13.1 Å². The van der Waals surface area contributed by atoms with Gasteiger partial charge in [-0.2, -0.15) is 5.10 Å². The Kier molecular flexibility index (Phi) is 6.61. The molecule has 0 spiro atoms. The number of aromatic nitrogens is 4. The second-order valence-corrected chi connectivity index (χ2v) is 7.21. The van der Waals surface area contributed by atoms with E-state index < -0.39 is 0 Å². The van der Waals surface area contributed by atoms with Gasteiger partial charge >= 0.3 is 0 Å². The van der Waals surface area contributed by atoms with Crippen molar-refractivity contribution < 1.29 is 14.3 Å². The third kappa shape index (κ3) is 5.23. The number of likely N-dealkylation sites (N-methyl/N-ethyl adjacent to an activating group) is 1. The zero-order valence-electron chi connectivity index (χ0n) is 18.1. The Hall–Kier alpha value is -3.79. The lowest BCUT2D eigenvalue weighted by Gasteiger charge is -2.16. The molecule has 0 aliphatic carbocycles. The van der Waals surface area contributed by atoms with Crippen LogP contribution in [-0.4, -0.2) is 64.1 Å². The van der Waals surface area contributed by atoms with E-state index in [1.54, 1.807) is 50.2 Å². The Morgan fingerprint density at radius 2 is 1.97 bits per heavy atom. The molecule has 0 fully saturated rings. The zero-order valence-corrected chi connectivity index (χ0v) is 18.1. The molecule has 0 atom stereocenters. The topological polar surface area (TPSA) is 114 Å². The summed E-state index contributed by atoms with van der Waals surface area (Å²) in [5, 5.41) is 10.3. The highest BCUT2D eigenvalue weighted by molar-refractivity contribution is 6.01. The highest BCUT2D eigenvalue weighted by Gasteiger charge is 2.17. The summed E-state index contributed by atoms with van der Waals surface area (Å²) in [6, 6.07) is 7.13. The number of ketones is 1. The third-order valence-electron chi connectivity index (χ3n) is 4.34. The average Bonchev–Trinajstić information content (AvgIpc) is 3.13. The van der Waals surface area contributed by atoms with Gasteiger partial charge in [0.1, 0.15) is 12.1 Å². The van der Waals surface area contributed by atoms with Crippen molar-refractivity contribution in [3.05, 3.63) is 42.4 Å². The number of pyridine rings is 1. The highest BCUT2D eigenvalue weighted by Crippen LogP contribution is 2.37. The van der Waals surface area contributed by atoms with Gasteiger partial charge in [-0.1, -0.05) is 6.07 Å². The van der Waals surface area contributed by atoms with Gasteiger partial charge in [-0.05, 0) is 33.2 Å². The fourth-order valence-corrected chi connectivity index (χ4v) is 3.02. The number of methoxy groups -OCH3 is 1. The molecule has 0 saturated heterocycles. The number of benzene rings is 1. The van der Waals surface area contributed by atoms with Crippen LogP contribution >= 0.6 is 0 Å². The lowest BCUT2D eigenvalue weighted by Crippen LogP contribution is -2.27. The summed E-state index contributed by atoms with van der Waals surface area (Å²) < 4.78 is 7.23. The summed E-state index contributed by atoms with van der Waals surface area (Å²) in [5.74, 6) is 1.00. The van der Waals surface area contributed by atoms with Crippen LogP contribution in [0, 0.1) is 0 Å². The predicted octanol–water partition coefficient (Wildman–Crippen LogP) is 2.33. The van der Waals surface area contributed by atoms with E-state index >= 15 is 0 Å². The Bertz CT molecular complexity index is 1110. The predicted molar refractivity (Wildman–Crippen MR) is 118 cm³/mol. The van der Waals surface area contributed by atoms with Crippen molar-refractivity contribution in [3.8, 4) is 17.1 Å². The number of ether oxygens (including phenoxy) is 1. The van der Waals surface area contributed by atoms with E-state index in [4.69, 9.17) is 4.74 Å². The Morgan fingerprint density at radius 1 is 1.19 bits per heavy atom. The van der Waals surface area contributed by atoms with Crippen LogP contribution in [0.15, 0.2) is 36.8 Å². The number of aryl methyl sites for hydroxylation is 1. The molecule has 2 N–H and O–H groups in total. The summed E-state index contributed by atoms with van der Waals surface area (Å²) in [4.78, 5) is 34.5. The normalized spacial score (nSPS) is 10.8. The van der Waals surface area contributed by atoms with Crippen molar-refractivity contribution >= 4 is 28.9 Å². The number of para-hydroxylation sites is 1. The van der Waals surface area contributed by atoms with Crippen molar-refractivity contribution in [2.24, 2.45) is 7.05 Å². The molecular weight excluding hydrogens is 398 g/mol. The summed E-state index contributed by atoms with van der Waals surface area (Å²) >= 11 is 0. The standard InChI is InChI=1S/C21H25N7O3/c1-13(29)15-10-22-18(25-19(30)11-27(2)3)9-17(15)24-16-8-6-7-14(20(16)31-5)21-23-12-28(4)26-21/h6-10,12H,11H2,1-5H3,(H2,22,24,25,30). The fourth-order valence-electron chi connectivity index (χ4n) is 3.02. The zero-order chi connectivity index (χ0) is 22.5. The molecule has 1 amide bonds. The maximum absolute atomic E-state index is 12.2. The summed E-state index contributed by atoms with van der Waals surface area (Å²) in [6.07, 6.45) is 3.04. The number of amides is 1. The van der Waals surface area contributed by atoms with E-state index in [9.17, 15) is 9.59 Å². The number of nitrogens with zero attached hydrogens (tertiary/aromatic N) is 5. The van der Waals surface area contributed by atoms with E-state index in [1.807, 2.05) is 18.2 Å². The molecular formula is C21H25N7O3. The minimum absolute atomic E-state index is 0.164. The monoisotopic (exact) mass is 423 g/mol. The molecule has 0 saturated carbocycles. The molecule has 0 radical (unpaired) electrons. The molecule has 10 nitrogen and oxygen atoms in total. The molecule has 2 aromatic heterocycles. The Balaban J connectivity index is 1.98. The van der Waals surface area contributed by atoms with Crippen LogP contribution in [0.5, 0.6) is 5.75 Å². The molecule has 0 aliphatic rings. The van der Waals surface area contributed by atoms with E-state index in [0.29, 0.717) is 39.9 Å². The molecule has 3 rings (SSSR count). The van der Waals surface area contributed by atoms with E-state index in [-0.39, 0.29) is 18.2 Å². The van der Waals surface area contributed by atoms with E-state index in [2.05, 4.69) is 25.7 Å². The number of Topliss-reactive ketones (excluding diaryl/α,β-unsaturated/α-hetero) is 1. The number of hydrogen-bond acceptors (Lipinski definition) is 8. The molecule has 0 aliphatic heterocycles. The van der Waals surface area contributed by atoms with Crippen molar-refractivity contribution in [2.45, 2.75) is 6.92 Å². The number of hydrogen-bond donors (Lipinski definition) is 2. The van der Waals surface area contributed by atoms with Gasteiger partial charge in [-0.15, -0.1) is 0 Å². The van der Waals surface area contributed by atoms with Crippen LogP contribution in [-0.2, 0) is 11.8 Å². The van der Waals surface area contributed by atoms with Gasteiger partial charge in [-0.3, -0.25) is 14.3 Å². The molecule has 3 aromatic rings. The summed E-state index contributed by atoms with van der Waals surface area (Å²) in [7, 11) is 6.94. The Labute approximate surface area is 180 Å². The molecule has 162 valence electrons. The highest BCUT2D eigenvalue weighted by atomic mass is 16.5. The van der Waals surface area contributed by atoms with Gasteiger partial charge in [0.15, 0.2) is 17.4 Å². The van der Waals surface area contributed by atoms with Crippen molar-refractivity contribution in [1.29, 1.82) is 0 Å². The molecule has 31 heavy (non-hydrogen) atoms. The molecule has 0 bridgehead atoms. The van der Waals surface area contributed by atoms with Crippen LogP contribution in [0.3, 0.4) is 0 Å². The van der Waals surface area contributed by atoms with Gasteiger partial charge in [-0.25, -0.2) is 9.97 Å². The quantitative estimate of drug-likeness (QED) is 0.531. The van der Waals surface area contributed by atoms with Gasteiger partial charge in [0, 0.05) is 19.3 Å².